The van der Waals surface area contributed by atoms with Crippen LogP contribution in [0.4, 0.5) is 5.13 Å². The zero-order valence-electron chi connectivity index (χ0n) is 6.49. The highest BCUT2D eigenvalue weighted by atomic mass is 32.1. The monoisotopic (exact) mass is 186 g/mol. The van der Waals surface area contributed by atoms with Gasteiger partial charge in [-0.05, 0) is 0 Å². The molecule has 12 heavy (non-hydrogen) atoms. The van der Waals surface area contributed by atoms with Gasteiger partial charge in [0.2, 0.25) is 5.13 Å². The minimum atomic E-state index is 0.175. The second-order valence-corrected chi connectivity index (χ2v) is 3.60. The first-order chi connectivity index (χ1) is 5.86. The summed E-state index contributed by atoms with van der Waals surface area (Å²) in [5, 5.41) is 12.4. The maximum atomic E-state index is 5.46. The van der Waals surface area contributed by atoms with Gasteiger partial charge in [0.05, 0.1) is 19.3 Å². The van der Waals surface area contributed by atoms with Crippen molar-refractivity contribution in [2.24, 2.45) is 0 Å². The van der Waals surface area contributed by atoms with Crippen LogP contribution in [0.2, 0.25) is 0 Å². The Morgan fingerprint density at radius 1 is 1.58 bits per heavy atom. The van der Waals surface area contributed by atoms with Crippen molar-refractivity contribution in [3.05, 3.63) is 5.01 Å². The summed E-state index contributed by atoms with van der Waals surface area (Å²) in [5.74, 6) is 0. The van der Waals surface area contributed by atoms with Crippen molar-refractivity contribution < 1.29 is 4.74 Å². The first-order valence-electron chi connectivity index (χ1n) is 3.76. The van der Waals surface area contributed by atoms with Crippen LogP contribution in [0.25, 0.3) is 0 Å². The minimum Gasteiger partial charge on any atom is -0.378 e. The third kappa shape index (κ3) is 1.55. The molecule has 1 aliphatic heterocycles. The van der Waals surface area contributed by atoms with Crippen LogP contribution >= 0.6 is 11.3 Å². The number of hydrogen-bond acceptors (Lipinski definition) is 6. The first-order valence-corrected chi connectivity index (χ1v) is 4.58. The number of rotatable bonds is 1. The molecule has 1 unspecified atom stereocenters. The lowest BCUT2D eigenvalue weighted by molar-refractivity contribution is 0.0766. The highest BCUT2D eigenvalue weighted by molar-refractivity contribution is 7.15. The van der Waals surface area contributed by atoms with E-state index in [0.717, 1.165) is 18.2 Å². The van der Waals surface area contributed by atoms with Crippen molar-refractivity contribution in [2.75, 3.05) is 25.5 Å². The largest absolute Gasteiger partial charge is 0.378 e. The number of nitrogens with two attached hydrogens (primary N) is 1. The van der Waals surface area contributed by atoms with Crippen LogP contribution in [0.15, 0.2) is 0 Å². The molecule has 1 aromatic rings. The topological polar surface area (TPSA) is 73.1 Å². The third-order valence-corrected chi connectivity index (χ3v) is 2.54. The number of aromatic nitrogens is 2. The van der Waals surface area contributed by atoms with Crippen molar-refractivity contribution in [2.45, 2.75) is 6.04 Å². The van der Waals surface area contributed by atoms with Gasteiger partial charge in [-0.3, -0.25) is 0 Å². The number of nitrogens with one attached hydrogen (secondary N) is 1. The van der Waals surface area contributed by atoms with E-state index in [4.69, 9.17) is 10.5 Å². The first kappa shape index (κ1) is 7.90. The van der Waals surface area contributed by atoms with E-state index in [1.165, 1.54) is 11.3 Å². The lowest BCUT2D eigenvalue weighted by Crippen LogP contribution is -2.34. The van der Waals surface area contributed by atoms with Crippen LogP contribution in [0, 0.1) is 0 Å². The summed E-state index contributed by atoms with van der Waals surface area (Å²) in [5.41, 5.74) is 5.46. The van der Waals surface area contributed by atoms with E-state index < -0.39 is 0 Å². The fourth-order valence-electron chi connectivity index (χ4n) is 1.11. The third-order valence-electron chi connectivity index (χ3n) is 1.68. The molecule has 2 rings (SSSR count). The summed E-state index contributed by atoms with van der Waals surface area (Å²) in [6.07, 6.45) is 0. The molecule has 0 bridgehead atoms. The molecule has 0 amide bonds. The Bertz CT molecular complexity index is 258. The van der Waals surface area contributed by atoms with Crippen molar-refractivity contribution in [3.63, 3.8) is 0 Å². The molecule has 1 fully saturated rings. The van der Waals surface area contributed by atoms with E-state index in [1.54, 1.807) is 0 Å². The van der Waals surface area contributed by atoms with Gasteiger partial charge in [-0.1, -0.05) is 11.3 Å². The summed E-state index contributed by atoms with van der Waals surface area (Å²) >= 11 is 1.41. The molecule has 0 aromatic carbocycles. The average Bonchev–Trinajstić information content (AvgIpc) is 2.54. The second kappa shape index (κ2) is 3.34. The standard InChI is InChI=1S/C6H10N4OS/c7-6-10-9-5(12-6)4-3-11-2-1-8-4/h4,8H,1-3H2,(H2,7,10). The molecule has 1 aliphatic rings. The number of nitrogens with zero attached hydrogens (tertiary/aromatic N) is 2. The number of ether oxygens (including phenoxy) is 1. The van der Waals surface area contributed by atoms with Gasteiger partial charge in [0.1, 0.15) is 5.01 Å². The lowest BCUT2D eigenvalue weighted by Gasteiger charge is -2.20. The Morgan fingerprint density at radius 2 is 2.50 bits per heavy atom. The molecule has 0 radical (unpaired) electrons. The second-order valence-electron chi connectivity index (χ2n) is 2.56. The summed E-state index contributed by atoms with van der Waals surface area (Å²) in [7, 11) is 0. The van der Waals surface area contributed by atoms with E-state index >= 15 is 0 Å². The number of anilines is 1. The molecule has 6 heteroatoms. The SMILES string of the molecule is Nc1nnc(C2COCCN2)s1. The molecule has 66 valence electrons. The molecular formula is C6H10N4OS. The smallest absolute Gasteiger partial charge is 0.203 e. The van der Waals surface area contributed by atoms with E-state index in [0.29, 0.717) is 11.7 Å². The Labute approximate surface area is 73.9 Å². The lowest BCUT2D eigenvalue weighted by atomic mass is 10.3. The van der Waals surface area contributed by atoms with E-state index in [-0.39, 0.29) is 6.04 Å². The molecule has 2 heterocycles. The molecule has 0 saturated carbocycles. The van der Waals surface area contributed by atoms with Crippen LogP contribution in [-0.4, -0.2) is 30.0 Å². The van der Waals surface area contributed by atoms with Crippen molar-refractivity contribution in [3.8, 4) is 0 Å². The normalized spacial score (nSPS) is 24.2. The molecule has 3 N–H and O–H groups in total. The van der Waals surface area contributed by atoms with Gasteiger partial charge in [0.15, 0.2) is 0 Å². The molecular weight excluding hydrogens is 176 g/mol. The summed E-state index contributed by atoms with van der Waals surface area (Å²) in [6.45, 7) is 2.30. The van der Waals surface area contributed by atoms with Gasteiger partial charge in [0.25, 0.3) is 0 Å². The van der Waals surface area contributed by atoms with Gasteiger partial charge in [-0.15, -0.1) is 10.2 Å². The Balaban J connectivity index is 2.08. The number of hydrogen-bond donors (Lipinski definition) is 2. The highest BCUT2D eigenvalue weighted by Gasteiger charge is 2.18. The maximum absolute atomic E-state index is 5.46. The fraction of sp³-hybridized carbons (Fsp3) is 0.667. The average molecular weight is 186 g/mol. The van der Waals surface area contributed by atoms with Crippen LogP contribution in [0.3, 0.4) is 0 Å². The summed E-state index contributed by atoms with van der Waals surface area (Å²) < 4.78 is 5.28. The Hall–Kier alpha value is -0.720. The predicted octanol–water partition coefficient (Wildman–Crippen LogP) is -0.219. The summed E-state index contributed by atoms with van der Waals surface area (Å²) in [4.78, 5) is 0. The van der Waals surface area contributed by atoms with E-state index in [9.17, 15) is 0 Å². The quantitative estimate of drug-likeness (QED) is 0.634. The molecule has 1 atom stereocenters. The van der Waals surface area contributed by atoms with Crippen LogP contribution in [-0.2, 0) is 4.74 Å². The number of morpholine rings is 1. The Morgan fingerprint density at radius 3 is 3.08 bits per heavy atom. The van der Waals surface area contributed by atoms with Crippen LogP contribution in [0.5, 0.6) is 0 Å². The van der Waals surface area contributed by atoms with Crippen molar-refractivity contribution in [1.29, 1.82) is 0 Å². The maximum Gasteiger partial charge on any atom is 0.203 e. The van der Waals surface area contributed by atoms with Gasteiger partial charge in [-0.2, -0.15) is 0 Å². The molecule has 1 saturated heterocycles. The van der Waals surface area contributed by atoms with Crippen molar-refractivity contribution in [1.82, 2.24) is 15.5 Å². The van der Waals surface area contributed by atoms with Crippen LogP contribution in [0.1, 0.15) is 11.0 Å². The Kier molecular flexibility index (Phi) is 2.20. The molecule has 5 nitrogen and oxygen atoms in total. The van der Waals surface area contributed by atoms with Crippen molar-refractivity contribution >= 4 is 16.5 Å². The highest BCUT2D eigenvalue weighted by Crippen LogP contribution is 2.20. The molecule has 1 aromatic heterocycles. The van der Waals surface area contributed by atoms with Crippen LogP contribution < -0.4 is 11.1 Å². The van der Waals surface area contributed by atoms with Gasteiger partial charge >= 0.3 is 0 Å². The van der Waals surface area contributed by atoms with Gasteiger partial charge < -0.3 is 15.8 Å². The zero-order chi connectivity index (χ0) is 8.39. The van der Waals surface area contributed by atoms with E-state index in [2.05, 4.69) is 15.5 Å². The van der Waals surface area contributed by atoms with E-state index in [1.807, 2.05) is 0 Å². The molecule has 0 spiro atoms. The van der Waals surface area contributed by atoms with Gasteiger partial charge in [-0.25, -0.2) is 0 Å². The summed E-state index contributed by atoms with van der Waals surface area (Å²) in [6, 6.07) is 0.175. The fourth-order valence-corrected chi connectivity index (χ4v) is 1.78. The predicted molar refractivity (Wildman–Crippen MR) is 45.9 cm³/mol. The molecule has 0 aliphatic carbocycles. The zero-order valence-corrected chi connectivity index (χ0v) is 7.30. The minimum absolute atomic E-state index is 0.175. The van der Waals surface area contributed by atoms with Gasteiger partial charge in [0, 0.05) is 6.54 Å². The number of nitrogen functional groups attached to an aromatic ring is 1.